The van der Waals surface area contributed by atoms with E-state index in [1.165, 1.54) is 9.80 Å². The molecule has 4 atom stereocenters. The number of nitrogens with two attached hydrogens (primary N) is 2. The van der Waals surface area contributed by atoms with Crippen LogP contribution in [0.15, 0.2) is 60.8 Å². The molecule has 40 heavy (non-hydrogen) atoms. The summed E-state index contributed by atoms with van der Waals surface area (Å²) < 4.78 is 0. The normalized spacial score (nSPS) is 20.4. The fraction of sp³-hybridized carbons (Fsp3) is 0.400. The number of hydrogen-bond donors (Lipinski definition) is 4. The number of primary amides is 1. The van der Waals surface area contributed by atoms with Crippen LogP contribution in [0.4, 0.5) is 0 Å². The average molecular weight is 545 g/mol. The van der Waals surface area contributed by atoms with Crippen molar-refractivity contribution in [1.82, 2.24) is 20.1 Å². The third kappa shape index (κ3) is 5.72. The number of H-pyrrole nitrogens is 1. The van der Waals surface area contributed by atoms with Crippen molar-refractivity contribution in [2.24, 2.45) is 11.5 Å². The molecule has 2 saturated heterocycles. The molecule has 0 aliphatic carbocycles. The van der Waals surface area contributed by atoms with Crippen molar-refractivity contribution >= 4 is 34.5 Å². The molecule has 0 bridgehead atoms. The van der Waals surface area contributed by atoms with E-state index >= 15 is 0 Å². The second kappa shape index (κ2) is 11.9. The Balaban J connectivity index is 1.34. The van der Waals surface area contributed by atoms with Crippen LogP contribution in [0.2, 0.25) is 0 Å². The number of para-hydroxylation sites is 1. The lowest BCUT2D eigenvalue weighted by molar-refractivity contribution is -0.143. The summed E-state index contributed by atoms with van der Waals surface area (Å²) in [6.07, 6.45) is 4.74. The molecule has 0 saturated carbocycles. The third-order valence-corrected chi connectivity index (χ3v) is 8.03. The minimum absolute atomic E-state index is 0.227. The summed E-state index contributed by atoms with van der Waals surface area (Å²) in [4.78, 5) is 59.0. The molecule has 0 unspecified atom stereocenters. The van der Waals surface area contributed by atoms with Gasteiger partial charge in [0.05, 0.1) is 6.04 Å². The highest BCUT2D eigenvalue weighted by atomic mass is 16.2. The predicted octanol–water partition coefficient (Wildman–Crippen LogP) is 1.23. The number of nitrogens with one attached hydrogen (secondary N) is 2. The highest BCUT2D eigenvalue weighted by Crippen LogP contribution is 2.24. The summed E-state index contributed by atoms with van der Waals surface area (Å²) in [6, 6.07) is 14.1. The number of hydrogen-bond acceptors (Lipinski definition) is 5. The Bertz CT molecular complexity index is 1390. The fourth-order valence-electron chi connectivity index (χ4n) is 5.99. The van der Waals surface area contributed by atoms with E-state index in [1.54, 1.807) is 0 Å². The first-order valence-electron chi connectivity index (χ1n) is 13.9. The second-order valence-electron chi connectivity index (χ2n) is 10.7. The first-order chi connectivity index (χ1) is 19.3. The molecule has 1 aromatic heterocycles. The molecular formula is C30H36N6O4. The van der Waals surface area contributed by atoms with Gasteiger partial charge in [0.25, 0.3) is 0 Å². The van der Waals surface area contributed by atoms with Crippen molar-refractivity contribution in [2.75, 3.05) is 13.1 Å². The Hall–Kier alpha value is -4.18. The number of carbonyl (C=O) groups excluding carboxylic acids is 4. The van der Waals surface area contributed by atoms with Gasteiger partial charge < -0.3 is 31.6 Å². The van der Waals surface area contributed by atoms with E-state index in [-0.39, 0.29) is 18.2 Å². The van der Waals surface area contributed by atoms with Gasteiger partial charge >= 0.3 is 0 Å². The smallest absolute Gasteiger partial charge is 0.246 e. The fourth-order valence-corrected chi connectivity index (χ4v) is 5.99. The second-order valence-corrected chi connectivity index (χ2v) is 10.7. The zero-order valence-electron chi connectivity index (χ0n) is 22.4. The molecule has 0 spiro atoms. The molecular weight excluding hydrogens is 508 g/mol. The molecule has 210 valence electrons. The van der Waals surface area contributed by atoms with Crippen LogP contribution in [0.3, 0.4) is 0 Å². The highest BCUT2D eigenvalue weighted by Gasteiger charge is 2.40. The summed E-state index contributed by atoms with van der Waals surface area (Å²) in [7, 11) is 0. The van der Waals surface area contributed by atoms with Gasteiger partial charge in [-0.15, -0.1) is 0 Å². The van der Waals surface area contributed by atoms with Crippen LogP contribution in [0.25, 0.3) is 10.9 Å². The summed E-state index contributed by atoms with van der Waals surface area (Å²) in [5, 5.41) is 3.89. The molecule has 3 heterocycles. The molecule has 4 amide bonds. The maximum atomic E-state index is 13.8. The van der Waals surface area contributed by atoms with Crippen LogP contribution in [0.5, 0.6) is 0 Å². The van der Waals surface area contributed by atoms with Gasteiger partial charge in [0.2, 0.25) is 23.6 Å². The lowest BCUT2D eigenvalue weighted by Crippen LogP contribution is -2.57. The molecule has 2 aliphatic heterocycles. The van der Waals surface area contributed by atoms with E-state index < -0.39 is 36.0 Å². The van der Waals surface area contributed by atoms with Crippen molar-refractivity contribution in [3.8, 4) is 0 Å². The standard InChI is InChI=1S/C30H36N6O4/c31-22(16-19-8-2-1-3-9-19)29(39)36-15-7-13-26(36)28(38)34-24(30(40)35-14-6-12-25(35)27(32)37)17-20-18-33-23-11-5-4-10-21(20)23/h1-5,8-11,18,22,24-26,33H,6-7,12-17,31H2,(H2,32,37)(H,34,38)/t22-,24-,25-,26-/m0/s1. The number of carbonyl (C=O) groups is 4. The van der Waals surface area contributed by atoms with E-state index in [2.05, 4.69) is 10.3 Å². The number of likely N-dealkylation sites (tertiary alicyclic amines) is 2. The van der Waals surface area contributed by atoms with Crippen LogP contribution in [-0.2, 0) is 32.0 Å². The molecule has 10 nitrogen and oxygen atoms in total. The Morgan fingerprint density at radius 1 is 0.875 bits per heavy atom. The first kappa shape index (κ1) is 27.4. The first-order valence-corrected chi connectivity index (χ1v) is 13.9. The number of aromatic nitrogens is 1. The van der Waals surface area contributed by atoms with Gasteiger partial charge in [0.1, 0.15) is 18.1 Å². The largest absolute Gasteiger partial charge is 0.368 e. The van der Waals surface area contributed by atoms with Crippen LogP contribution < -0.4 is 16.8 Å². The van der Waals surface area contributed by atoms with E-state index in [0.29, 0.717) is 45.2 Å². The zero-order chi connectivity index (χ0) is 28.2. The zero-order valence-corrected chi connectivity index (χ0v) is 22.4. The minimum atomic E-state index is -0.929. The Labute approximate surface area is 233 Å². The van der Waals surface area contributed by atoms with E-state index in [4.69, 9.17) is 11.5 Å². The van der Waals surface area contributed by atoms with Crippen molar-refractivity contribution in [3.05, 3.63) is 71.9 Å². The van der Waals surface area contributed by atoms with Gasteiger partial charge in [0, 0.05) is 36.6 Å². The van der Waals surface area contributed by atoms with Gasteiger partial charge in [-0.25, -0.2) is 0 Å². The van der Waals surface area contributed by atoms with Gasteiger partial charge in [-0.1, -0.05) is 48.5 Å². The van der Waals surface area contributed by atoms with Crippen LogP contribution in [0, 0.1) is 0 Å². The molecule has 5 rings (SSSR count). The quantitative estimate of drug-likeness (QED) is 0.319. The van der Waals surface area contributed by atoms with Crippen molar-refractivity contribution in [2.45, 2.75) is 62.7 Å². The molecule has 2 aliphatic rings. The lowest BCUT2D eigenvalue weighted by atomic mass is 10.0. The van der Waals surface area contributed by atoms with Gasteiger partial charge in [-0.2, -0.15) is 0 Å². The van der Waals surface area contributed by atoms with Crippen LogP contribution in [-0.4, -0.2) is 75.7 Å². The van der Waals surface area contributed by atoms with Crippen molar-refractivity contribution in [3.63, 3.8) is 0 Å². The maximum absolute atomic E-state index is 13.8. The Morgan fingerprint density at radius 2 is 1.52 bits per heavy atom. The van der Waals surface area contributed by atoms with E-state index in [9.17, 15) is 19.2 Å². The molecule has 3 aromatic rings. The predicted molar refractivity (Wildman–Crippen MR) is 151 cm³/mol. The third-order valence-electron chi connectivity index (χ3n) is 8.03. The molecule has 10 heteroatoms. The molecule has 0 radical (unpaired) electrons. The summed E-state index contributed by atoms with van der Waals surface area (Å²) in [5.41, 5.74) is 14.6. The van der Waals surface area contributed by atoms with E-state index in [1.807, 2.05) is 60.8 Å². The Morgan fingerprint density at radius 3 is 2.25 bits per heavy atom. The maximum Gasteiger partial charge on any atom is 0.246 e. The number of benzene rings is 2. The van der Waals surface area contributed by atoms with E-state index in [0.717, 1.165) is 22.0 Å². The van der Waals surface area contributed by atoms with Gasteiger partial charge in [-0.05, 0) is 49.3 Å². The summed E-state index contributed by atoms with van der Waals surface area (Å²) in [6.45, 7) is 0.825. The van der Waals surface area contributed by atoms with Crippen LogP contribution in [0.1, 0.15) is 36.8 Å². The van der Waals surface area contributed by atoms with Gasteiger partial charge in [0.15, 0.2) is 0 Å². The number of fused-ring (bicyclic) bond motifs is 1. The monoisotopic (exact) mass is 544 g/mol. The number of amides is 4. The number of rotatable bonds is 9. The minimum Gasteiger partial charge on any atom is -0.368 e. The molecule has 2 fully saturated rings. The van der Waals surface area contributed by atoms with Crippen LogP contribution >= 0.6 is 0 Å². The van der Waals surface area contributed by atoms with Crippen molar-refractivity contribution < 1.29 is 19.2 Å². The SMILES string of the molecule is NC(=O)[C@@H]1CCCN1C(=O)[C@H](Cc1c[nH]c2ccccc12)NC(=O)[C@@H]1CCCN1C(=O)[C@@H](N)Cc1ccccc1. The van der Waals surface area contributed by atoms with Crippen molar-refractivity contribution in [1.29, 1.82) is 0 Å². The molecule has 2 aromatic carbocycles. The topological polar surface area (TPSA) is 155 Å². The number of aromatic amines is 1. The number of nitrogens with zero attached hydrogens (tertiary/aromatic N) is 2. The Kier molecular flexibility index (Phi) is 8.16. The summed E-state index contributed by atoms with van der Waals surface area (Å²) >= 11 is 0. The van der Waals surface area contributed by atoms with Gasteiger partial charge in [-0.3, -0.25) is 19.2 Å². The summed E-state index contributed by atoms with van der Waals surface area (Å²) in [5.74, 6) is -1.58. The molecule has 6 N–H and O–H groups in total. The lowest BCUT2D eigenvalue weighted by Gasteiger charge is -2.31. The average Bonchev–Trinajstić information content (AvgIpc) is 3.72. The highest BCUT2D eigenvalue weighted by molar-refractivity contribution is 5.96.